The molecule has 0 bridgehead atoms. The lowest BCUT2D eigenvalue weighted by atomic mass is 10.3. The SMILES string of the molecule is COC(=O)NC1CCN(C(=O)NCC(=O)NCC(=O)O)C1. The van der Waals surface area contributed by atoms with E-state index >= 15 is 0 Å². The second kappa shape index (κ2) is 7.92. The van der Waals surface area contributed by atoms with Gasteiger partial charge in [0.05, 0.1) is 19.7 Å². The van der Waals surface area contributed by atoms with E-state index in [1.165, 1.54) is 12.0 Å². The van der Waals surface area contributed by atoms with E-state index in [9.17, 15) is 19.2 Å². The Kier molecular flexibility index (Phi) is 6.24. The third-order valence-electron chi connectivity index (χ3n) is 2.82. The van der Waals surface area contributed by atoms with E-state index in [-0.39, 0.29) is 12.6 Å². The van der Waals surface area contributed by atoms with Gasteiger partial charge in [-0.15, -0.1) is 0 Å². The van der Waals surface area contributed by atoms with Crippen molar-refractivity contribution in [3.8, 4) is 0 Å². The molecule has 1 unspecified atom stereocenters. The molecule has 0 spiro atoms. The van der Waals surface area contributed by atoms with E-state index in [1.54, 1.807) is 0 Å². The van der Waals surface area contributed by atoms with Crippen LogP contribution >= 0.6 is 0 Å². The predicted molar refractivity (Wildman–Crippen MR) is 69.6 cm³/mol. The molecule has 0 aliphatic carbocycles. The summed E-state index contributed by atoms with van der Waals surface area (Å²) >= 11 is 0. The first-order valence-corrected chi connectivity index (χ1v) is 6.28. The zero-order valence-corrected chi connectivity index (χ0v) is 11.5. The van der Waals surface area contributed by atoms with Gasteiger partial charge in [-0.25, -0.2) is 9.59 Å². The minimum absolute atomic E-state index is 0.191. The van der Waals surface area contributed by atoms with Gasteiger partial charge in [0.2, 0.25) is 5.91 Å². The Labute approximate surface area is 120 Å². The number of amides is 4. The van der Waals surface area contributed by atoms with Crippen LogP contribution in [0, 0.1) is 0 Å². The lowest BCUT2D eigenvalue weighted by Gasteiger charge is -2.17. The second-order valence-electron chi connectivity index (χ2n) is 4.40. The lowest BCUT2D eigenvalue weighted by Crippen LogP contribution is -2.45. The third-order valence-corrected chi connectivity index (χ3v) is 2.82. The number of methoxy groups -OCH3 is 1. The quantitative estimate of drug-likeness (QED) is 0.479. The molecule has 4 amide bonds. The fourth-order valence-electron chi connectivity index (χ4n) is 1.79. The van der Waals surface area contributed by atoms with Gasteiger partial charge in [-0.1, -0.05) is 0 Å². The topological polar surface area (TPSA) is 137 Å². The van der Waals surface area contributed by atoms with Crippen LogP contribution in [0.5, 0.6) is 0 Å². The maximum atomic E-state index is 11.8. The molecule has 1 rings (SSSR count). The normalized spacial score (nSPS) is 17.0. The standard InChI is InChI=1S/C11H18N4O6/c1-21-11(20)14-7-2-3-15(6-7)10(19)13-4-8(16)12-5-9(17)18/h7H,2-6H2,1H3,(H,12,16)(H,13,19)(H,14,20)(H,17,18). The van der Waals surface area contributed by atoms with E-state index in [2.05, 4.69) is 20.7 Å². The number of urea groups is 1. The summed E-state index contributed by atoms with van der Waals surface area (Å²) in [5, 5.41) is 15.5. The molecule has 1 heterocycles. The van der Waals surface area contributed by atoms with Crippen LogP contribution in [0.2, 0.25) is 0 Å². The van der Waals surface area contributed by atoms with Gasteiger partial charge in [0, 0.05) is 13.1 Å². The van der Waals surface area contributed by atoms with Gasteiger partial charge in [-0.05, 0) is 6.42 Å². The largest absolute Gasteiger partial charge is 0.480 e. The highest BCUT2D eigenvalue weighted by Crippen LogP contribution is 2.09. The molecular formula is C11H18N4O6. The first-order chi connectivity index (χ1) is 9.92. The molecule has 10 nitrogen and oxygen atoms in total. The molecule has 10 heteroatoms. The van der Waals surface area contributed by atoms with Gasteiger partial charge in [-0.3, -0.25) is 9.59 Å². The van der Waals surface area contributed by atoms with Gasteiger partial charge in [0.25, 0.3) is 0 Å². The average molecular weight is 302 g/mol. The zero-order chi connectivity index (χ0) is 15.8. The Hall–Kier alpha value is -2.52. The number of aliphatic carboxylic acids is 1. The smallest absolute Gasteiger partial charge is 0.407 e. The zero-order valence-electron chi connectivity index (χ0n) is 11.5. The average Bonchev–Trinajstić information content (AvgIpc) is 2.90. The molecule has 0 aromatic carbocycles. The van der Waals surface area contributed by atoms with Crippen LogP contribution in [0.4, 0.5) is 9.59 Å². The van der Waals surface area contributed by atoms with E-state index < -0.39 is 30.5 Å². The van der Waals surface area contributed by atoms with Crippen LogP contribution in [-0.2, 0) is 14.3 Å². The Morgan fingerprint density at radius 2 is 1.95 bits per heavy atom. The Morgan fingerprint density at radius 3 is 2.57 bits per heavy atom. The molecular weight excluding hydrogens is 284 g/mol. The molecule has 1 fully saturated rings. The van der Waals surface area contributed by atoms with E-state index in [1.807, 2.05) is 0 Å². The number of nitrogens with one attached hydrogen (secondary N) is 3. The van der Waals surface area contributed by atoms with Crippen molar-refractivity contribution in [2.45, 2.75) is 12.5 Å². The van der Waals surface area contributed by atoms with Crippen molar-refractivity contribution < 1.29 is 29.0 Å². The third kappa shape index (κ3) is 5.97. The molecule has 4 N–H and O–H groups in total. The summed E-state index contributed by atoms with van der Waals surface area (Å²) in [5.74, 6) is -1.75. The van der Waals surface area contributed by atoms with Crippen molar-refractivity contribution in [2.24, 2.45) is 0 Å². The van der Waals surface area contributed by atoms with E-state index in [4.69, 9.17) is 5.11 Å². The number of likely N-dealkylation sites (tertiary alicyclic amines) is 1. The molecule has 1 atom stereocenters. The number of carbonyl (C=O) groups excluding carboxylic acids is 3. The molecule has 118 valence electrons. The molecule has 0 aromatic heterocycles. The summed E-state index contributed by atoms with van der Waals surface area (Å²) in [5.41, 5.74) is 0. The molecule has 1 aliphatic rings. The van der Waals surface area contributed by atoms with Crippen LogP contribution in [0.3, 0.4) is 0 Å². The number of nitrogens with zero attached hydrogens (tertiary/aromatic N) is 1. The van der Waals surface area contributed by atoms with Gasteiger partial charge >= 0.3 is 18.1 Å². The summed E-state index contributed by atoms with van der Waals surface area (Å²) in [6.07, 6.45) is 0.0311. The second-order valence-corrected chi connectivity index (χ2v) is 4.40. The van der Waals surface area contributed by atoms with E-state index in [0.29, 0.717) is 19.5 Å². The number of rotatable bonds is 5. The van der Waals surface area contributed by atoms with Crippen LogP contribution in [0.25, 0.3) is 0 Å². The summed E-state index contributed by atoms with van der Waals surface area (Å²) in [4.78, 5) is 45.7. The summed E-state index contributed by atoms with van der Waals surface area (Å²) in [7, 11) is 1.25. The Balaban J connectivity index is 2.26. The van der Waals surface area contributed by atoms with Gasteiger partial charge in [-0.2, -0.15) is 0 Å². The number of ether oxygens (including phenoxy) is 1. The highest BCUT2D eigenvalue weighted by molar-refractivity contribution is 5.86. The van der Waals surface area contributed by atoms with Crippen molar-refractivity contribution in [1.29, 1.82) is 0 Å². The minimum Gasteiger partial charge on any atom is -0.480 e. The molecule has 0 aromatic rings. The van der Waals surface area contributed by atoms with Crippen LogP contribution < -0.4 is 16.0 Å². The van der Waals surface area contributed by atoms with Crippen molar-refractivity contribution in [2.75, 3.05) is 33.3 Å². The number of carboxylic acid groups (broad SMARTS) is 1. The summed E-state index contributed by atoms with van der Waals surface area (Å²) in [6.45, 7) is -0.0455. The number of alkyl carbamates (subject to hydrolysis) is 1. The maximum Gasteiger partial charge on any atom is 0.407 e. The monoisotopic (exact) mass is 302 g/mol. The number of hydrogen-bond donors (Lipinski definition) is 4. The Bertz CT molecular complexity index is 427. The number of carboxylic acids is 1. The van der Waals surface area contributed by atoms with Gasteiger partial charge in [0.15, 0.2) is 0 Å². The molecule has 21 heavy (non-hydrogen) atoms. The molecule has 0 saturated carbocycles. The predicted octanol–water partition coefficient (Wildman–Crippen LogP) is -1.67. The fraction of sp³-hybridized carbons (Fsp3) is 0.636. The van der Waals surface area contributed by atoms with Crippen molar-refractivity contribution in [3.63, 3.8) is 0 Å². The molecule has 0 radical (unpaired) electrons. The summed E-state index contributed by atoms with van der Waals surface area (Å²) < 4.78 is 4.46. The fourth-order valence-corrected chi connectivity index (χ4v) is 1.79. The van der Waals surface area contributed by atoms with Crippen molar-refractivity contribution in [3.05, 3.63) is 0 Å². The van der Waals surface area contributed by atoms with E-state index in [0.717, 1.165) is 0 Å². The highest BCUT2D eigenvalue weighted by Gasteiger charge is 2.27. The first kappa shape index (κ1) is 16.5. The highest BCUT2D eigenvalue weighted by atomic mass is 16.5. The number of carbonyl (C=O) groups is 4. The summed E-state index contributed by atoms with van der Waals surface area (Å²) in [6, 6.07) is -0.640. The van der Waals surface area contributed by atoms with Gasteiger partial charge < -0.3 is 30.7 Å². The molecule has 1 aliphatic heterocycles. The lowest BCUT2D eigenvalue weighted by molar-refractivity contribution is -0.137. The minimum atomic E-state index is -1.16. The van der Waals surface area contributed by atoms with Crippen LogP contribution in [-0.4, -0.2) is 73.3 Å². The van der Waals surface area contributed by atoms with Crippen LogP contribution in [0.15, 0.2) is 0 Å². The molecule has 1 saturated heterocycles. The maximum absolute atomic E-state index is 11.8. The van der Waals surface area contributed by atoms with Gasteiger partial charge in [0.1, 0.15) is 6.54 Å². The first-order valence-electron chi connectivity index (χ1n) is 6.28. The van der Waals surface area contributed by atoms with Crippen molar-refractivity contribution in [1.82, 2.24) is 20.9 Å². The van der Waals surface area contributed by atoms with Crippen LogP contribution in [0.1, 0.15) is 6.42 Å². The Morgan fingerprint density at radius 1 is 1.24 bits per heavy atom. The number of hydrogen-bond acceptors (Lipinski definition) is 5. The van der Waals surface area contributed by atoms with Crippen molar-refractivity contribution >= 4 is 24.0 Å².